The van der Waals surface area contributed by atoms with E-state index < -0.39 is 19.7 Å². The molecule has 0 aromatic carbocycles. The van der Waals surface area contributed by atoms with E-state index in [9.17, 15) is 9.36 Å². The van der Waals surface area contributed by atoms with Crippen molar-refractivity contribution in [2.45, 2.75) is 19.1 Å². The Hall–Kier alpha value is -0.470. The summed E-state index contributed by atoms with van der Waals surface area (Å²) >= 11 is 0. The van der Waals surface area contributed by atoms with Crippen LogP contribution in [-0.2, 0) is 14.1 Å². The average Bonchev–Trinajstić information content (AvgIpc) is 2.01. The third kappa shape index (κ3) is 1.98. The van der Waals surface area contributed by atoms with Crippen molar-refractivity contribution in [2.24, 2.45) is 11.7 Å². The Balaban J connectivity index is 4.59. The number of rotatable bonds is 3. The molecule has 0 fully saturated rings. The summed E-state index contributed by atoms with van der Waals surface area (Å²) in [6.45, 7) is 3.42. The Kier molecular flexibility index (Phi) is 3.63. The van der Waals surface area contributed by atoms with Gasteiger partial charge in [-0.25, -0.2) is 4.79 Å². The molecule has 0 aromatic rings. The molecule has 1 unspecified atom stereocenters. The summed E-state index contributed by atoms with van der Waals surface area (Å²) in [6, 6.07) is 0. The van der Waals surface area contributed by atoms with Crippen LogP contribution < -0.4 is 5.73 Å². The average molecular weight is 177 g/mol. The number of hydrogen-bond donors (Lipinski definition) is 1. The van der Waals surface area contributed by atoms with Gasteiger partial charge < -0.3 is 10.5 Å². The zero-order chi connectivity index (χ0) is 9.07. The van der Waals surface area contributed by atoms with E-state index in [-0.39, 0.29) is 5.92 Å². The molecule has 0 heterocycles. The Morgan fingerprint density at radius 3 is 2.18 bits per heavy atom. The van der Waals surface area contributed by atoms with Crippen molar-refractivity contribution in [3.8, 4) is 0 Å². The van der Waals surface area contributed by atoms with Gasteiger partial charge >= 0.3 is 5.97 Å². The highest BCUT2D eigenvalue weighted by Gasteiger charge is 2.39. The number of methoxy groups -OCH3 is 1. The fourth-order valence-corrected chi connectivity index (χ4v) is 0.919. The van der Waals surface area contributed by atoms with Crippen molar-refractivity contribution in [3.63, 3.8) is 0 Å². The van der Waals surface area contributed by atoms with Gasteiger partial charge in [0.25, 0.3) is 0 Å². The van der Waals surface area contributed by atoms with Gasteiger partial charge in [0.15, 0.2) is 13.7 Å². The molecule has 0 spiro atoms. The van der Waals surface area contributed by atoms with Crippen molar-refractivity contribution in [1.82, 2.24) is 0 Å². The summed E-state index contributed by atoms with van der Waals surface area (Å²) in [5.41, 5.74) is 5.49. The SMILES string of the molecule is COC(=O)C(N)(P=O)C(C)C. The summed E-state index contributed by atoms with van der Waals surface area (Å²) in [6.07, 6.45) is 0. The van der Waals surface area contributed by atoms with E-state index in [2.05, 4.69) is 4.74 Å². The van der Waals surface area contributed by atoms with Crippen molar-refractivity contribution < 1.29 is 14.1 Å². The summed E-state index contributed by atoms with van der Waals surface area (Å²) in [5, 5.41) is -1.39. The smallest absolute Gasteiger partial charge is 0.338 e. The molecule has 0 aromatic heterocycles. The minimum absolute atomic E-state index is 0.214. The van der Waals surface area contributed by atoms with Gasteiger partial charge in [-0.15, -0.1) is 0 Å². The predicted molar refractivity (Wildman–Crippen MR) is 41.4 cm³/mol. The highest BCUT2D eigenvalue weighted by molar-refractivity contribution is 7.27. The number of ether oxygens (including phenoxy) is 1. The zero-order valence-corrected chi connectivity index (χ0v) is 7.72. The van der Waals surface area contributed by atoms with Crippen LogP contribution in [0.5, 0.6) is 0 Å². The van der Waals surface area contributed by atoms with Gasteiger partial charge in [0.1, 0.15) is 0 Å². The summed E-state index contributed by atoms with van der Waals surface area (Å²) < 4.78 is 14.9. The van der Waals surface area contributed by atoms with Crippen LogP contribution in [0.1, 0.15) is 13.8 Å². The lowest BCUT2D eigenvalue weighted by Crippen LogP contribution is -2.47. The lowest BCUT2D eigenvalue weighted by Gasteiger charge is -2.22. The van der Waals surface area contributed by atoms with E-state index in [0.717, 1.165) is 0 Å². The summed E-state index contributed by atoms with van der Waals surface area (Å²) in [5.74, 6) is -0.863. The maximum atomic E-state index is 11.0. The molecule has 0 aliphatic heterocycles. The number of esters is 1. The molecule has 1 atom stereocenters. The topological polar surface area (TPSA) is 69.4 Å². The van der Waals surface area contributed by atoms with Crippen LogP contribution in [0, 0.1) is 5.92 Å². The van der Waals surface area contributed by atoms with Crippen molar-refractivity contribution >= 4 is 14.4 Å². The molecule has 0 bridgehead atoms. The van der Waals surface area contributed by atoms with Gasteiger partial charge in [0, 0.05) is 0 Å². The van der Waals surface area contributed by atoms with Crippen molar-refractivity contribution in [2.75, 3.05) is 7.11 Å². The van der Waals surface area contributed by atoms with Crippen LogP contribution in [0.25, 0.3) is 0 Å². The van der Waals surface area contributed by atoms with E-state index >= 15 is 0 Å². The molecule has 0 rings (SSSR count). The second-order valence-electron chi connectivity index (χ2n) is 2.56. The molecule has 0 aliphatic rings. The van der Waals surface area contributed by atoms with Gasteiger partial charge in [-0.1, -0.05) is 13.8 Å². The normalized spacial score (nSPS) is 16.5. The van der Waals surface area contributed by atoms with Gasteiger partial charge in [-0.3, -0.25) is 4.57 Å². The number of carbonyl (C=O) groups excluding carboxylic acids is 1. The van der Waals surface area contributed by atoms with E-state index in [1.54, 1.807) is 13.8 Å². The van der Waals surface area contributed by atoms with Crippen LogP contribution in [0.15, 0.2) is 0 Å². The maximum Gasteiger partial charge on any atom is 0.338 e. The minimum atomic E-state index is -1.39. The van der Waals surface area contributed by atoms with E-state index in [4.69, 9.17) is 5.73 Å². The second kappa shape index (κ2) is 3.79. The standard InChI is InChI=1S/C6H12NO3P/c1-4(2)6(7,11-9)5(8)10-3/h4H,7H2,1-3H3. The van der Waals surface area contributed by atoms with E-state index in [0.29, 0.717) is 0 Å². The molecule has 0 amide bonds. The van der Waals surface area contributed by atoms with E-state index in [1.807, 2.05) is 0 Å². The second-order valence-corrected chi connectivity index (χ2v) is 3.49. The van der Waals surface area contributed by atoms with Crippen LogP contribution in [-0.4, -0.2) is 18.4 Å². The van der Waals surface area contributed by atoms with Gasteiger partial charge in [0.2, 0.25) is 0 Å². The lowest BCUT2D eigenvalue weighted by molar-refractivity contribution is -0.144. The van der Waals surface area contributed by atoms with Gasteiger partial charge in [-0.05, 0) is 5.92 Å². The van der Waals surface area contributed by atoms with Gasteiger partial charge in [0.05, 0.1) is 7.11 Å². The first-order valence-electron chi connectivity index (χ1n) is 3.20. The maximum absolute atomic E-state index is 11.0. The predicted octanol–water partition coefficient (Wildman–Crippen LogP) is 0.762. The van der Waals surface area contributed by atoms with Crippen molar-refractivity contribution in [1.29, 1.82) is 0 Å². The first kappa shape index (κ1) is 10.5. The zero-order valence-electron chi connectivity index (χ0n) is 6.83. The molecule has 11 heavy (non-hydrogen) atoms. The molecule has 0 saturated carbocycles. The quantitative estimate of drug-likeness (QED) is 0.510. The molecule has 0 radical (unpaired) electrons. The molecule has 2 N–H and O–H groups in total. The monoisotopic (exact) mass is 177 g/mol. The molecular formula is C6H12NO3P. The third-order valence-corrected chi connectivity index (χ3v) is 2.54. The number of hydrogen-bond acceptors (Lipinski definition) is 4. The number of carbonyl (C=O) groups is 1. The Morgan fingerprint density at radius 2 is 2.09 bits per heavy atom. The molecular weight excluding hydrogens is 165 g/mol. The number of nitrogens with two attached hydrogens (primary N) is 1. The fourth-order valence-electron chi connectivity index (χ4n) is 0.542. The molecule has 0 aliphatic carbocycles. The van der Waals surface area contributed by atoms with Crippen LogP contribution in [0.2, 0.25) is 0 Å². The van der Waals surface area contributed by atoms with Crippen molar-refractivity contribution in [3.05, 3.63) is 0 Å². The molecule has 5 heteroatoms. The van der Waals surface area contributed by atoms with Crippen LogP contribution >= 0.6 is 8.46 Å². The molecule has 4 nitrogen and oxygen atoms in total. The third-order valence-electron chi connectivity index (χ3n) is 1.54. The highest BCUT2D eigenvalue weighted by atomic mass is 31.1. The summed E-state index contributed by atoms with van der Waals surface area (Å²) in [4.78, 5) is 11.0. The lowest BCUT2D eigenvalue weighted by atomic mass is 10.1. The first-order chi connectivity index (χ1) is 4.99. The van der Waals surface area contributed by atoms with E-state index in [1.165, 1.54) is 7.11 Å². The Bertz CT molecular complexity index is 171. The largest absolute Gasteiger partial charge is 0.467 e. The fraction of sp³-hybridized carbons (Fsp3) is 0.833. The van der Waals surface area contributed by atoms with Crippen LogP contribution in [0.3, 0.4) is 0 Å². The molecule has 64 valence electrons. The highest BCUT2D eigenvalue weighted by Crippen LogP contribution is 2.26. The van der Waals surface area contributed by atoms with Gasteiger partial charge in [-0.2, -0.15) is 0 Å². The minimum Gasteiger partial charge on any atom is -0.467 e. The Morgan fingerprint density at radius 1 is 1.64 bits per heavy atom. The molecule has 0 saturated heterocycles. The summed E-state index contributed by atoms with van der Waals surface area (Å²) in [7, 11) is 0.814. The first-order valence-corrected chi connectivity index (χ1v) is 4.02. The Labute approximate surface area is 67.3 Å². The van der Waals surface area contributed by atoms with Crippen LogP contribution in [0.4, 0.5) is 0 Å².